The summed E-state index contributed by atoms with van der Waals surface area (Å²) < 4.78 is 25.3. The minimum Gasteiger partial charge on any atom is -0.490 e. The van der Waals surface area contributed by atoms with E-state index in [-0.39, 0.29) is 49.6 Å². The molecule has 2 fully saturated rings. The van der Waals surface area contributed by atoms with Gasteiger partial charge in [-0.1, -0.05) is 0 Å². The molecule has 2 aromatic rings. The number of rotatable bonds is 6. The van der Waals surface area contributed by atoms with Crippen LogP contribution < -0.4 is 4.74 Å². The summed E-state index contributed by atoms with van der Waals surface area (Å²) in [6, 6.07) is 7.32. The number of morpholine rings is 1. The van der Waals surface area contributed by atoms with Crippen LogP contribution in [0.4, 0.5) is 4.39 Å². The van der Waals surface area contributed by atoms with Crippen molar-refractivity contribution in [2.45, 2.75) is 31.3 Å². The fraction of sp³-hybridized carbons (Fsp3) is 0.478. The molecule has 0 radical (unpaired) electrons. The summed E-state index contributed by atoms with van der Waals surface area (Å²) in [7, 11) is 0. The molecule has 0 spiro atoms. The maximum Gasteiger partial charge on any atom is 0.291 e. The van der Waals surface area contributed by atoms with Gasteiger partial charge in [-0.05, 0) is 49.6 Å². The van der Waals surface area contributed by atoms with Crippen LogP contribution in [0.25, 0.3) is 0 Å². The van der Waals surface area contributed by atoms with Gasteiger partial charge >= 0.3 is 0 Å². The summed E-state index contributed by atoms with van der Waals surface area (Å²) in [5.41, 5.74) is -1.02. The molecule has 0 saturated carbocycles. The Morgan fingerprint density at radius 2 is 1.75 bits per heavy atom. The second-order valence-electron chi connectivity index (χ2n) is 8.19. The molecular formula is C23H27FN4O4. The Bertz CT molecular complexity index is 921. The van der Waals surface area contributed by atoms with E-state index in [2.05, 4.69) is 9.97 Å². The third-order valence-corrected chi connectivity index (χ3v) is 5.79. The van der Waals surface area contributed by atoms with Gasteiger partial charge in [-0.15, -0.1) is 0 Å². The largest absolute Gasteiger partial charge is 0.490 e. The molecule has 1 aromatic heterocycles. The molecule has 2 saturated heterocycles. The van der Waals surface area contributed by atoms with Gasteiger partial charge in [0.1, 0.15) is 23.8 Å². The number of carbonyl (C=O) groups excluding carboxylic acids is 2. The Kier molecular flexibility index (Phi) is 6.94. The molecule has 3 heterocycles. The minimum atomic E-state index is -1.02. The van der Waals surface area contributed by atoms with E-state index in [9.17, 15) is 14.0 Å². The van der Waals surface area contributed by atoms with Gasteiger partial charge in [-0.3, -0.25) is 9.59 Å². The summed E-state index contributed by atoms with van der Waals surface area (Å²) in [4.78, 5) is 37.6. The van der Waals surface area contributed by atoms with Crippen molar-refractivity contribution in [1.29, 1.82) is 0 Å². The Morgan fingerprint density at radius 1 is 1.03 bits per heavy atom. The predicted molar refractivity (Wildman–Crippen MR) is 114 cm³/mol. The summed E-state index contributed by atoms with van der Waals surface area (Å²) in [5, 5.41) is 0. The highest BCUT2D eigenvalue weighted by Gasteiger charge is 2.43. The number of ether oxygens (including phenoxy) is 2. The van der Waals surface area contributed by atoms with Crippen LogP contribution >= 0.6 is 0 Å². The van der Waals surface area contributed by atoms with Crippen LogP contribution in [0.15, 0.2) is 42.7 Å². The van der Waals surface area contributed by atoms with Crippen molar-refractivity contribution < 1.29 is 23.5 Å². The number of amides is 2. The molecule has 2 aliphatic heterocycles. The van der Waals surface area contributed by atoms with Gasteiger partial charge in [-0.2, -0.15) is 0 Å². The Labute approximate surface area is 186 Å². The standard InChI is InChI=1S/C23H27FN4O4/c24-18-5-7-19(8-6-18)31-17-23(15-20(29)27-11-2-1-3-12-27)16-28(13-14-32-23)22(30)21-25-9-4-10-26-21/h4-10H,1-3,11-17H2/t23-/m1/s1. The average molecular weight is 442 g/mol. The molecule has 170 valence electrons. The third kappa shape index (κ3) is 5.40. The number of piperidine rings is 1. The van der Waals surface area contributed by atoms with Crippen molar-refractivity contribution >= 4 is 11.8 Å². The predicted octanol–water partition coefficient (Wildman–Crippen LogP) is 2.31. The summed E-state index contributed by atoms with van der Waals surface area (Å²) in [6.45, 7) is 2.32. The van der Waals surface area contributed by atoms with Gasteiger partial charge in [-0.25, -0.2) is 14.4 Å². The number of halogens is 1. The maximum absolute atomic E-state index is 13.2. The van der Waals surface area contributed by atoms with Crippen molar-refractivity contribution in [2.24, 2.45) is 0 Å². The van der Waals surface area contributed by atoms with Gasteiger partial charge in [0, 0.05) is 32.0 Å². The van der Waals surface area contributed by atoms with E-state index in [0.717, 1.165) is 32.4 Å². The molecule has 8 nitrogen and oxygen atoms in total. The van der Waals surface area contributed by atoms with E-state index in [0.29, 0.717) is 12.3 Å². The van der Waals surface area contributed by atoms with E-state index < -0.39 is 5.60 Å². The molecule has 2 aliphatic rings. The highest BCUT2D eigenvalue weighted by atomic mass is 19.1. The molecule has 0 aliphatic carbocycles. The zero-order chi connectivity index (χ0) is 22.4. The molecule has 1 atom stereocenters. The number of hydrogen-bond donors (Lipinski definition) is 0. The first-order chi connectivity index (χ1) is 15.5. The second kappa shape index (κ2) is 10.0. The molecule has 0 bridgehead atoms. The fourth-order valence-electron chi connectivity index (χ4n) is 4.09. The summed E-state index contributed by atoms with van der Waals surface area (Å²) >= 11 is 0. The van der Waals surface area contributed by atoms with Gasteiger partial charge in [0.25, 0.3) is 5.91 Å². The first kappa shape index (κ1) is 22.1. The molecular weight excluding hydrogens is 415 g/mol. The lowest BCUT2D eigenvalue weighted by atomic mass is 9.96. The van der Waals surface area contributed by atoms with Crippen LogP contribution in [-0.4, -0.2) is 76.6 Å². The maximum atomic E-state index is 13.2. The van der Waals surface area contributed by atoms with Crippen LogP contribution in [-0.2, 0) is 9.53 Å². The monoisotopic (exact) mass is 442 g/mol. The van der Waals surface area contributed by atoms with Crippen molar-refractivity contribution in [3.05, 3.63) is 54.4 Å². The summed E-state index contributed by atoms with van der Waals surface area (Å²) in [6.07, 6.45) is 6.23. The van der Waals surface area contributed by atoms with Gasteiger partial charge in [0.2, 0.25) is 11.7 Å². The molecule has 1 aromatic carbocycles. The highest BCUT2D eigenvalue weighted by molar-refractivity contribution is 5.90. The van der Waals surface area contributed by atoms with E-state index in [1.165, 1.54) is 36.7 Å². The van der Waals surface area contributed by atoms with Crippen LogP contribution in [0.3, 0.4) is 0 Å². The number of carbonyl (C=O) groups is 2. The Hall–Kier alpha value is -3.07. The topological polar surface area (TPSA) is 84.9 Å². The minimum absolute atomic E-state index is 0.0160. The quantitative estimate of drug-likeness (QED) is 0.683. The zero-order valence-corrected chi connectivity index (χ0v) is 17.9. The lowest BCUT2D eigenvalue weighted by molar-refractivity contribution is -0.153. The number of aromatic nitrogens is 2. The fourth-order valence-corrected chi connectivity index (χ4v) is 4.09. The SMILES string of the molecule is O=C(C[C@]1(COc2ccc(F)cc2)CN(C(=O)c2ncccn2)CCO1)N1CCCCC1. The van der Waals surface area contributed by atoms with Crippen LogP contribution in [0, 0.1) is 5.82 Å². The smallest absolute Gasteiger partial charge is 0.291 e. The van der Waals surface area contributed by atoms with Crippen molar-refractivity contribution in [3.8, 4) is 5.75 Å². The van der Waals surface area contributed by atoms with Gasteiger partial charge in [0.15, 0.2) is 0 Å². The van der Waals surface area contributed by atoms with E-state index >= 15 is 0 Å². The molecule has 9 heteroatoms. The van der Waals surface area contributed by atoms with E-state index in [1.807, 2.05) is 4.90 Å². The lowest BCUT2D eigenvalue weighted by Crippen LogP contribution is -2.58. The van der Waals surface area contributed by atoms with Crippen LogP contribution in [0.1, 0.15) is 36.3 Å². The summed E-state index contributed by atoms with van der Waals surface area (Å²) in [5.74, 6) is -0.121. The van der Waals surface area contributed by atoms with Crippen LogP contribution in [0.5, 0.6) is 5.75 Å². The normalized spacial score (nSPS) is 21.3. The van der Waals surface area contributed by atoms with Gasteiger partial charge in [0.05, 0.1) is 19.6 Å². The average Bonchev–Trinajstić information content (AvgIpc) is 2.84. The Morgan fingerprint density at radius 3 is 2.47 bits per heavy atom. The first-order valence-corrected chi connectivity index (χ1v) is 10.9. The molecule has 0 N–H and O–H groups in total. The number of nitrogens with zero attached hydrogens (tertiary/aromatic N) is 4. The number of hydrogen-bond acceptors (Lipinski definition) is 6. The van der Waals surface area contributed by atoms with Gasteiger partial charge < -0.3 is 19.3 Å². The lowest BCUT2D eigenvalue weighted by Gasteiger charge is -2.42. The molecule has 0 unspecified atom stereocenters. The molecule has 32 heavy (non-hydrogen) atoms. The van der Waals surface area contributed by atoms with Crippen molar-refractivity contribution in [2.75, 3.05) is 39.4 Å². The number of likely N-dealkylation sites (tertiary alicyclic amines) is 1. The van der Waals surface area contributed by atoms with Crippen LogP contribution in [0.2, 0.25) is 0 Å². The zero-order valence-electron chi connectivity index (χ0n) is 17.9. The van der Waals surface area contributed by atoms with Crippen molar-refractivity contribution in [3.63, 3.8) is 0 Å². The first-order valence-electron chi connectivity index (χ1n) is 10.9. The number of benzene rings is 1. The van der Waals surface area contributed by atoms with Crippen molar-refractivity contribution in [1.82, 2.24) is 19.8 Å². The van der Waals surface area contributed by atoms with E-state index in [1.54, 1.807) is 11.0 Å². The second-order valence-corrected chi connectivity index (χ2v) is 8.19. The highest BCUT2D eigenvalue weighted by Crippen LogP contribution is 2.27. The third-order valence-electron chi connectivity index (χ3n) is 5.79. The van der Waals surface area contributed by atoms with E-state index in [4.69, 9.17) is 9.47 Å². The molecule has 2 amide bonds. The Balaban J connectivity index is 1.52. The molecule has 4 rings (SSSR count).